The van der Waals surface area contributed by atoms with E-state index in [-0.39, 0.29) is 30.3 Å². The minimum absolute atomic E-state index is 0.0730. The Morgan fingerprint density at radius 1 is 1.36 bits per heavy atom. The molecule has 0 unspecified atom stereocenters. The molecule has 0 fully saturated rings. The van der Waals surface area contributed by atoms with E-state index in [9.17, 15) is 13.9 Å². The van der Waals surface area contributed by atoms with Crippen molar-refractivity contribution in [2.24, 2.45) is 0 Å². The number of benzene rings is 1. The van der Waals surface area contributed by atoms with Crippen molar-refractivity contribution in [1.29, 1.82) is 0 Å². The highest BCUT2D eigenvalue weighted by molar-refractivity contribution is 5.65. The Kier molecular flexibility index (Phi) is 5.46. The monoisotopic (exact) mass is 312 g/mol. The van der Waals surface area contributed by atoms with Gasteiger partial charge in [-0.25, -0.2) is 13.8 Å². The lowest BCUT2D eigenvalue weighted by Crippen LogP contribution is -2.22. The Balaban J connectivity index is 2.35. The van der Waals surface area contributed by atoms with E-state index in [1.165, 1.54) is 23.9 Å². The van der Waals surface area contributed by atoms with Gasteiger partial charge in [-0.1, -0.05) is 0 Å². The molecule has 0 radical (unpaired) electrons. The van der Waals surface area contributed by atoms with Gasteiger partial charge in [0, 0.05) is 19.0 Å². The molecule has 1 aromatic heterocycles. The molecule has 0 aliphatic carbocycles. The highest BCUT2D eigenvalue weighted by Crippen LogP contribution is 2.32. The highest BCUT2D eigenvalue weighted by atomic mass is 19.2. The summed E-state index contributed by atoms with van der Waals surface area (Å²) < 4.78 is 39.4. The summed E-state index contributed by atoms with van der Waals surface area (Å²) in [6, 6.07) is 2.33. The molecular weight excluding hydrogens is 294 g/mol. The zero-order valence-electron chi connectivity index (χ0n) is 12.4. The fourth-order valence-electron chi connectivity index (χ4n) is 2.13. The lowest BCUT2D eigenvalue weighted by Gasteiger charge is -2.15. The van der Waals surface area contributed by atoms with Crippen LogP contribution >= 0.6 is 0 Å². The summed E-state index contributed by atoms with van der Waals surface area (Å²) in [4.78, 5) is 4.05. The predicted octanol–water partition coefficient (Wildman–Crippen LogP) is 2.23. The molecule has 0 amide bonds. The van der Waals surface area contributed by atoms with Gasteiger partial charge in [0.2, 0.25) is 0 Å². The zero-order valence-corrected chi connectivity index (χ0v) is 12.4. The molecule has 7 heteroatoms. The molecule has 2 rings (SSSR count). The molecule has 1 N–H and O–H groups in total. The molecule has 1 heterocycles. The van der Waals surface area contributed by atoms with Crippen molar-refractivity contribution < 1.29 is 23.4 Å². The number of methoxy groups -OCH3 is 1. The molecule has 5 nitrogen and oxygen atoms in total. The van der Waals surface area contributed by atoms with Gasteiger partial charge in [-0.05, 0) is 19.1 Å². The normalized spacial score (nSPS) is 12.4. The van der Waals surface area contributed by atoms with Crippen LogP contribution in [0.5, 0.6) is 5.75 Å². The first-order valence-corrected chi connectivity index (χ1v) is 6.87. The van der Waals surface area contributed by atoms with Crippen molar-refractivity contribution in [3.63, 3.8) is 0 Å². The summed E-state index contributed by atoms with van der Waals surface area (Å²) in [7, 11) is 1.37. The largest absolute Gasteiger partial charge is 0.496 e. The summed E-state index contributed by atoms with van der Waals surface area (Å²) in [6.45, 7) is 2.61. The van der Waals surface area contributed by atoms with Crippen LogP contribution in [-0.4, -0.2) is 41.1 Å². The van der Waals surface area contributed by atoms with Gasteiger partial charge >= 0.3 is 0 Å². The Labute approximate surface area is 127 Å². The molecule has 0 aliphatic heterocycles. The Bertz CT molecular complexity index is 631. The quantitative estimate of drug-likeness (QED) is 0.852. The molecular formula is C15H18F2N2O3. The first kappa shape index (κ1) is 16.4. The van der Waals surface area contributed by atoms with E-state index in [1.54, 1.807) is 6.20 Å². The molecule has 22 heavy (non-hydrogen) atoms. The van der Waals surface area contributed by atoms with Crippen LogP contribution in [0.4, 0.5) is 8.78 Å². The lowest BCUT2D eigenvalue weighted by atomic mass is 10.1. The molecule has 0 saturated carbocycles. The van der Waals surface area contributed by atoms with Gasteiger partial charge in [0.05, 0.1) is 31.9 Å². The number of halogens is 2. The maximum atomic E-state index is 14.1. The minimum Gasteiger partial charge on any atom is -0.496 e. The van der Waals surface area contributed by atoms with Gasteiger partial charge in [-0.2, -0.15) is 0 Å². The molecule has 2 aromatic rings. The zero-order chi connectivity index (χ0) is 16.1. The maximum Gasteiger partial charge on any atom is 0.173 e. The minimum atomic E-state index is -1.04. The summed E-state index contributed by atoms with van der Waals surface area (Å²) in [5.74, 6) is -1.67. The Morgan fingerprint density at radius 2 is 2.14 bits per heavy atom. The lowest BCUT2D eigenvalue weighted by molar-refractivity contribution is 0.0337. The van der Waals surface area contributed by atoms with E-state index < -0.39 is 17.7 Å². The smallest absolute Gasteiger partial charge is 0.173 e. The SMILES string of the molecule is CCOC[C@H](O)Cn1ccnc1-c1c(OC)ccc(F)c1F. The van der Waals surface area contributed by atoms with Crippen LogP contribution in [0.3, 0.4) is 0 Å². The van der Waals surface area contributed by atoms with Crippen LogP contribution in [0.2, 0.25) is 0 Å². The first-order chi connectivity index (χ1) is 10.6. The third-order valence-electron chi connectivity index (χ3n) is 3.14. The van der Waals surface area contributed by atoms with Crippen molar-refractivity contribution in [2.75, 3.05) is 20.3 Å². The number of hydrogen-bond donors (Lipinski definition) is 1. The van der Waals surface area contributed by atoms with Gasteiger partial charge in [-0.3, -0.25) is 0 Å². The average molecular weight is 312 g/mol. The number of hydrogen-bond acceptors (Lipinski definition) is 4. The van der Waals surface area contributed by atoms with Crippen LogP contribution < -0.4 is 4.74 Å². The van der Waals surface area contributed by atoms with E-state index in [0.717, 1.165) is 6.07 Å². The summed E-state index contributed by atoms with van der Waals surface area (Å²) in [5.41, 5.74) is -0.0730. The second-order valence-electron chi connectivity index (χ2n) is 4.66. The molecule has 120 valence electrons. The van der Waals surface area contributed by atoms with E-state index >= 15 is 0 Å². The topological polar surface area (TPSA) is 56.5 Å². The molecule has 1 aromatic carbocycles. The maximum absolute atomic E-state index is 14.1. The fraction of sp³-hybridized carbons (Fsp3) is 0.400. The number of nitrogens with zero attached hydrogens (tertiary/aromatic N) is 2. The Hall–Kier alpha value is -1.99. The standard InChI is InChI=1S/C15H18F2N2O3/c1-3-22-9-10(20)8-19-7-6-18-15(19)13-12(21-2)5-4-11(16)14(13)17/h4-7,10,20H,3,8-9H2,1-2H3/t10-/m1/s1. The van der Waals surface area contributed by atoms with Crippen molar-refractivity contribution >= 4 is 0 Å². The van der Waals surface area contributed by atoms with Gasteiger partial charge in [0.1, 0.15) is 11.6 Å². The van der Waals surface area contributed by atoms with Gasteiger partial charge in [0.25, 0.3) is 0 Å². The van der Waals surface area contributed by atoms with Crippen LogP contribution in [-0.2, 0) is 11.3 Å². The van der Waals surface area contributed by atoms with E-state index in [4.69, 9.17) is 9.47 Å². The van der Waals surface area contributed by atoms with E-state index in [0.29, 0.717) is 6.61 Å². The van der Waals surface area contributed by atoms with E-state index in [2.05, 4.69) is 4.98 Å². The van der Waals surface area contributed by atoms with Gasteiger partial charge in [-0.15, -0.1) is 0 Å². The fourth-order valence-corrected chi connectivity index (χ4v) is 2.13. The molecule has 0 bridgehead atoms. The van der Waals surface area contributed by atoms with Gasteiger partial charge in [0.15, 0.2) is 11.6 Å². The van der Waals surface area contributed by atoms with Crippen molar-refractivity contribution in [2.45, 2.75) is 19.6 Å². The van der Waals surface area contributed by atoms with Crippen LogP contribution in [0.15, 0.2) is 24.5 Å². The number of aliphatic hydroxyl groups excluding tert-OH is 1. The second kappa shape index (κ2) is 7.33. The van der Waals surface area contributed by atoms with Crippen molar-refractivity contribution in [3.8, 4) is 17.1 Å². The Morgan fingerprint density at radius 3 is 2.82 bits per heavy atom. The first-order valence-electron chi connectivity index (χ1n) is 6.87. The number of imidazole rings is 1. The van der Waals surface area contributed by atoms with Crippen LogP contribution in [0.1, 0.15) is 6.92 Å². The highest BCUT2D eigenvalue weighted by Gasteiger charge is 2.21. The van der Waals surface area contributed by atoms with Crippen molar-refractivity contribution in [3.05, 3.63) is 36.2 Å². The third-order valence-corrected chi connectivity index (χ3v) is 3.14. The summed E-state index contributed by atoms with van der Waals surface area (Å²) >= 11 is 0. The molecule has 0 aliphatic rings. The number of aliphatic hydroxyl groups is 1. The number of aromatic nitrogens is 2. The second-order valence-corrected chi connectivity index (χ2v) is 4.66. The number of ether oxygens (including phenoxy) is 2. The van der Waals surface area contributed by atoms with Crippen molar-refractivity contribution in [1.82, 2.24) is 9.55 Å². The van der Waals surface area contributed by atoms with Crippen LogP contribution in [0.25, 0.3) is 11.4 Å². The van der Waals surface area contributed by atoms with Gasteiger partial charge < -0.3 is 19.1 Å². The van der Waals surface area contributed by atoms with E-state index in [1.807, 2.05) is 6.92 Å². The summed E-state index contributed by atoms with van der Waals surface area (Å²) in [5, 5.41) is 9.90. The van der Waals surface area contributed by atoms with Crippen LogP contribution in [0, 0.1) is 11.6 Å². The molecule has 1 atom stereocenters. The average Bonchev–Trinajstić information content (AvgIpc) is 2.95. The third kappa shape index (κ3) is 3.42. The predicted molar refractivity (Wildman–Crippen MR) is 76.6 cm³/mol. The molecule has 0 spiro atoms. The molecule has 0 saturated heterocycles. The number of rotatable bonds is 7. The summed E-state index contributed by atoms with van der Waals surface area (Å²) in [6.07, 6.45) is 2.25.